The molecule has 2 aromatic rings. The molecular formula is C13H11N3O4S. The van der Waals surface area contributed by atoms with Crippen LogP contribution >= 0.6 is 0 Å². The number of aryl methyl sites for hydroxylation is 1. The van der Waals surface area contributed by atoms with E-state index in [4.69, 9.17) is 10.4 Å². The van der Waals surface area contributed by atoms with Crippen LogP contribution in [0.3, 0.4) is 0 Å². The number of benzene rings is 1. The minimum atomic E-state index is -3.50. The lowest BCUT2D eigenvalue weighted by Crippen LogP contribution is -2.12. The number of rotatable bonds is 5. The molecule has 0 fully saturated rings. The van der Waals surface area contributed by atoms with E-state index in [1.54, 1.807) is 0 Å². The fourth-order valence-corrected chi connectivity index (χ4v) is 2.91. The fraction of sp³-hybridized carbons (Fsp3) is 0.154. The van der Waals surface area contributed by atoms with Gasteiger partial charge in [0.2, 0.25) is 0 Å². The summed E-state index contributed by atoms with van der Waals surface area (Å²) in [6.45, 7) is 0.0998. The van der Waals surface area contributed by atoms with Crippen LogP contribution in [0.4, 0.5) is 0 Å². The molecule has 1 aromatic carbocycles. The van der Waals surface area contributed by atoms with Crippen molar-refractivity contribution in [3.63, 3.8) is 0 Å². The van der Waals surface area contributed by atoms with E-state index < -0.39 is 15.8 Å². The van der Waals surface area contributed by atoms with Gasteiger partial charge in [-0.05, 0) is 24.3 Å². The second-order valence-electron chi connectivity index (χ2n) is 4.26. The quantitative estimate of drug-likeness (QED) is 0.879. The molecule has 1 heterocycles. The Balaban J connectivity index is 2.09. The number of hydrogen-bond acceptors (Lipinski definition) is 5. The molecule has 0 unspecified atom stereocenters. The number of nitriles is 1. The van der Waals surface area contributed by atoms with Gasteiger partial charge in [0.25, 0.3) is 0 Å². The van der Waals surface area contributed by atoms with E-state index in [-0.39, 0.29) is 22.9 Å². The van der Waals surface area contributed by atoms with Crippen LogP contribution in [0.15, 0.2) is 41.7 Å². The number of carboxylic acids is 1. The molecule has 0 aliphatic heterocycles. The number of carbonyl (C=O) groups is 1. The third-order valence-electron chi connectivity index (χ3n) is 2.81. The summed E-state index contributed by atoms with van der Waals surface area (Å²) >= 11 is 0. The Kier molecular flexibility index (Phi) is 4.05. The molecule has 0 atom stereocenters. The zero-order valence-corrected chi connectivity index (χ0v) is 11.6. The first-order valence-electron chi connectivity index (χ1n) is 5.90. The highest BCUT2D eigenvalue weighted by molar-refractivity contribution is 7.91. The molecule has 0 aliphatic rings. The van der Waals surface area contributed by atoms with Gasteiger partial charge in [0, 0.05) is 12.7 Å². The third-order valence-corrected chi connectivity index (χ3v) is 4.52. The van der Waals surface area contributed by atoms with Crippen LogP contribution in [0.1, 0.15) is 16.1 Å². The number of imidazole rings is 1. The Labute approximate surface area is 121 Å². The summed E-state index contributed by atoms with van der Waals surface area (Å²) in [5.41, 5.74) is 0.250. The summed E-state index contributed by atoms with van der Waals surface area (Å²) < 4.78 is 25.6. The van der Waals surface area contributed by atoms with Crippen molar-refractivity contribution in [2.24, 2.45) is 0 Å². The zero-order valence-electron chi connectivity index (χ0n) is 10.8. The summed E-state index contributed by atoms with van der Waals surface area (Å²) in [6, 6.07) is 7.55. The van der Waals surface area contributed by atoms with Crippen LogP contribution in [-0.4, -0.2) is 34.8 Å². The molecular weight excluding hydrogens is 294 g/mol. The molecule has 0 saturated heterocycles. The first-order valence-corrected chi connectivity index (χ1v) is 7.55. The van der Waals surface area contributed by atoms with Gasteiger partial charge in [-0.3, -0.25) is 0 Å². The van der Waals surface area contributed by atoms with Crippen molar-refractivity contribution in [3.8, 4) is 6.07 Å². The first kappa shape index (κ1) is 14.7. The minimum absolute atomic E-state index is 0.0998. The lowest BCUT2D eigenvalue weighted by Gasteiger charge is -2.05. The van der Waals surface area contributed by atoms with Crippen molar-refractivity contribution in [1.82, 2.24) is 9.55 Å². The summed E-state index contributed by atoms with van der Waals surface area (Å²) in [7, 11) is -3.50. The SMILES string of the molecule is N#Cc1ccc(S(=O)(=O)CCn2cnc(C(=O)O)c2)cc1. The van der Waals surface area contributed by atoms with E-state index in [9.17, 15) is 13.2 Å². The molecule has 0 radical (unpaired) electrons. The molecule has 1 N–H and O–H groups in total. The predicted octanol–water partition coefficient (Wildman–Crippen LogP) is 0.927. The summed E-state index contributed by atoms with van der Waals surface area (Å²) in [5.74, 6) is -1.35. The maximum atomic E-state index is 12.1. The van der Waals surface area contributed by atoms with Gasteiger partial charge < -0.3 is 9.67 Å². The van der Waals surface area contributed by atoms with Crippen molar-refractivity contribution in [2.45, 2.75) is 11.4 Å². The van der Waals surface area contributed by atoms with Crippen molar-refractivity contribution >= 4 is 15.8 Å². The standard InChI is InChI=1S/C13H11N3O4S/c14-7-10-1-3-11(4-2-10)21(19,20)6-5-16-8-12(13(17)18)15-9-16/h1-4,8-9H,5-6H2,(H,17,18). The molecule has 0 bridgehead atoms. The van der Waals surface area contributed by atoms with Gasteiger partial charge in [0.1, 0.15) is 0 Å². The van der Waals surface area contributed by atoms with Crippen molar-refractivity contribution in [3.05, 3.63) is 48.0 Å². The van der Waals surface area contributed by atoms with E-state index in [0.717, 1.165) is 0 Å². The first-order chi connectivity index (χ1) is 9.92. The molecule has 108 valence electrons. The summed E-state index contributed by atoms with van der Waals surface area (Å²) in [5, 5.41) is 17.4. The smallest absolute Gasteiger partial charge is 0.356 e. The van der Waals surface area contributed by atoms with Crippen LogP contribution in [0.5, 0.6) is 0 Å². The van der Waals surface area contributed by atoms with E-state index in [0.29, 0.717) is 5.56 Å². The fourth-order valence-electron chi connectivity index (χ4n) is 1.67. The van der Waals surface area contributed by atoms with Crippen molar-refractivity contribution in [1.29, 1.82) is 5.26 Å². The van der Waals surface area contributed by atoms with Gasteiger partial charge in [-0.1, -0.05) is 0 Å². The number of nitrogens with zero attached hydrogens (tertiary/aromatic N) is 3. The average Bonchev–Trinajstić information content (AvgIpc) is 2.94. The maximum absolute atomic E-state index is 12.1. The largest absolute Gasteiger partial charge is 0.476 e. The van der Waals surface area contributed by atoms with Gasteiger partial charge in [-0.25, -0.2) is 18.2 Å². The highest BCUT2D eigenvalue weighted by Crippen LogP contribution is 2.12. The van der Waals surface area contributed by atoms with Crippen LogP contribution in [0.2, 0.25) is 0 Å². The lowest BCUT2D eigenvalue weighted by atomic mass is 10.2. The maximum Gasteiger partial charge on any atom is 0.356 e. The van der Waals surface area contributed by atoms with Gasteiger partial charge >= 0.3 is 5.97 Å². The lowest BCUT2D eigenvalue weighted by molar-refractivity contribution is 0.0691. The molecule has 8 heteroatoms. The number of hydrogen-bond donors (Lipinski definition) is 1. The van der Waals surface area contributed by atoms with Gasteiger partial charge in [-0.2, -0.15) is 5.26 Å². The molecule has 0 amide bonds. The Bertz CT molecular complexity index is 801. The molecule has 21 heavy (non-hydrogen) atoms. The van der Waals surface area contributed by atoms with E-state index in [2.05, 4.69) is 4.98 Å². The Hall–Kier alpha value is -2.66. The summed E-state index contributed by atoms with van der Waals surface area (Å²) in [6.07, 6.45) is 2.55. The van der Waals surface area contributed by atoms with E-state index in [1.807, 2.05) is 6.07 Å². The topological polar surface area (TPSA) is 113 Å². The normalized spacial score (nSPS) is 11.0. The van der Waals surface area contributed by atoms with Crippen LogP contribution < -0.4 is 0 Å². The highest BCUT2D eigenvalue weighted by Gasteiger charge is 2.15. The predicted molar refractivity (Wildman–Crippen MR) is 72.4 cm³/mol. The zero-order chi connectivity index (χ0) is 15.5. The Morgan fingerprint density at radius 3 is 2.52 bits per heavy atom. The Morgan fingerprint density at radius 2 is 2.00 bits per heavy atom. The van der Waals surface area contributed by atoms with Crippen LogP contribution in [0, 0.1) is 11.3 Å². The van der Waals surface area contributed by atoms with E-state index in [1.165, 1.54) is 41.4 Å². The monoisotopic (exact) mass is 305 g/mol. The third kappa shape index (κ3) is 3.46. The van der Waals surface area contributed by atoms with Crippen LogP contribution in [-0.2, 0) is 16.4 Å². The van der Waals surface area contributed by atoms with Gasteiger partial charge in [0.05, 0.1) is 28.6 Å². The van der Waals surface area contributed by atoms with Crippen LogP contribution in [0.25, 0.3) is 0 Å². The highest BCUT2D eigenvalue weighted by atomic mass is 32.2. The number of aromatic nitrogens is 2. The average molecular weight is 305 g/mol. The van der Waals surface area contributed by atoms with Crippen molar-refractivity contribution in [2.75, 3.05) is 5.75 Å². The number of carboxylic acid groups (broad SMARTS) is 1. The molecule has 2 rings (SSSR count). The number of aromatic carboxylic acids is 1. The summed E-state index contributed by atoms with van der Waals surface area (Å²) in [4.78, 5) is 14.4. The molecule has 0 aliphatic carbocycles. The minimum Gasteiger partial charge on any atom is -0.476 e. The molecule has 0 saturated carbocycles. The Morgan fingerprint density at radius 1 is 1.33 bits per heavy atom. The molecule has 7 nitrogen and oxygen atoms in total. The number of sulfone groups is 1. The molecule has 0 spiro atoms. The van der Waals surface area contributed by atoms with E-state index >= 15 is 0 Å². The van der Waals surface area contributed by atoms with Crippen molar-refractivity contribution < 1.29 is 18.3 Å². The second kappa shape index (κ2) is 5.76. The van der Waals surface area contributed by atoms with Gasteiger partial charge in [0.15, 0.2) is 15.5 Å². The molecule has 1 aromatic heterocycles. The second-order valence-corrected chi connectivity index (χ2v) is 6.37. The van der Waals surface area contributed by atoms with Gasteiger partial charge in [-0.15, -0.1) is 0 Å².